The summed E-state index contributed by atoms with van der Waals surface area (Å²) in [5.41, 5.74) is 0. The molecule has 9 nitrogen and oxygen atoms in total. The third-order valence-corrected chi connectivity index (χ3v) is 7.15. The van der Waals surface area contributed by atoms with Gasteiger partial charge in [0.2, 0.25) is 9.84 Å². The molecule has 13 heteroatoms. The SMILES string of the molecule is COCC(COc1ccc(S(=O)(=O)c2ccc(OCC(CCl)OC(C)=O)c(Cl)c2)cc1Cl)OC(C)=O. The minimum atomic E-state index is -3.98. The Balaban J connectivity index is 2.15. The second kappa shape index (κ2) is 13.9. The molecule has 0 aliphatic heterocycles. The van der Waals surface area contributed by atoms with E-state index >= 15 is 0 Å². The van der Waals surface area contributed by atoms with E-state index in [0.717, 1.165) is 0 Å². The molecule has 0 aliphatic rings. The third kappa shape index (κ3) is 8.70. The second-order valence-corrected chi connectivity index (χ2v) is 10.5. The fraction of sp³-hybridized carbons (Fsp3) is 0.391. The zero-order valence-electron chi connectivity index (χ0n) is 19.7. The lowest BCUT2D eigenvalue weighted by atomic mass is 10.3. The van der Waals surface area contributed by atoms with E-state index in [0.29, 0.717) is 0 Å². The average Bonchev–Trinajstić information content (AvgIpc) is 2.80. The van der Waals surface area contributed by atoms with Gasteiger partial charge in [0.15, 0.2) is 6.10 Å². The average molecular weight is 584 g/mol. The molecule has 2 unspecified atom stereocenters. The van der Waals surface area contributed by atoms with E-state index in [1.54, 1.807) is 0 Å². The number of carbonyl (C=O) groups excluding carboxylic acids is 2. The highest BCUT2D eigenvalue weighted by Gasteiger charge is 2.22. The van der Waals surface area contributed by atoms with Crippen molar-refractivity contribution >= 4 is 56.6 Å². The lowest BCUT2D eigenvalue weighted by Gasteiger charge is -2.18. The summed E-state index contributed by atoms with van der Waals surface area (Å²) >= 11 is 18.2. The first-order valence-corrected chi connectivity index (χ1v) is 13.2. The van der Waals surface area contributed by atoms with Crippen LogP contribution >= 0.6 is 34.8 Å². The molecule has 2 atom stereocenters. The van der Waals surface area contributed by atoms with Crippen molar-refractivity contribution in [1.82, 2.24) is 0 Å². The van der Waals surface area contributed by atoms with Crippen molar-refractivity contribution in [2.45, 2.75) is 35.8 Å². The molecule has 0 heterocycles. The molecule has 198 valence electrons. The summed E-state index contributed by atoms with van der Waals surface area (Å²) in [5, 5.41) is 0.0756. The third-order valence-electron chi connectivity index (χ3n) is 4.47. The molecule has 0 aromatic heterocycles. The molecule has 0 N–H and O–H groups in total. The quantitative estimate of drug-likeness (QED) is 0.251. The monoisotopic (exact) mass is 582 g/mol. The molecule has 0 fully saturated rings. The van der Waals surface area contributed by atoms with Gasteiger partial charge in [-0.05, 0) is 36.4 Å². The second-order valence-electron chi connectivity index (χ2n) is 7.38. The van der Waals surface area contributed by atoms with Gasteiger partial charge < -0.3 is 23.7 Å². The van der Waals surface area contributed by atoms with Gasteiger partial charge in [-0.1, -0.05) is 23.2 Å². The number of hydrogen-bond acceptors (Lipinski definition) is 9. The van der Waals surface area contributed by atoms with E-state index < -0.39 is 34.0 Å². The summed E-state index contributed by atoms with van der Waals surface area (Å²) in [6.07, 6.45) is -1.35. The number of esters is 2. The van der Waals surface area contributed by atoms with Crippen LogP contribution in [-0.2, 0) is 33.6 Å². The lowest BCUT2D eigenvalue weighted by molar-refractivity contribution is -0.150. The molecule has 0 aliphatic carbocycles. The highest BCUT2D eigenvalue weighted by atomic mass is 35.5. The molecule has 2 rings (SSSR count). The first-order valence-electron chi connectivity index (χ1n) is 10.5. The Hall–Kier alpha value is -2.24. The Morgan fingerprint density at radius 1 is 0.806 bits per heavy atom. The Morgan fingerprint density at radius 2 is 1.25 bits per heavy atom. The number of benzene rings is 2. The van der Waals surface area contributed by atoms with Crippen molar-refractivity contribution in [1.29, 1.82) is 0 Å². The van der Waals surface area contributed by atoms with E-state index in [2.05, 4.69) is 0 Å². The normalized spacial score (nSPS) is 12.9. The van der Waals surface area contributed by atoms with Gasteiger partial charge in [0.05, 0.1) is 32.3 Å². The fourth-order valence-corrected chi connectivity index (χ4v) is 4.98. The van der Waals surface area contributed by atoms with Gasteiger partial charge in [0.1, 0.15) is 30.8 Å². The number of rotatable bonds is 13. The first-order chi connectivity index (χ1) is 17.0. The minimum absolute atomic E-state index is 0.0148. The van der Waals surface area contributed by atoms with Crippen LogP contribution in [0.5, 0.6) is 11.5 Å². The van der Waals surface area contributed by atoms with Crippen molar-refractivity contribution in [3.8, 4) is 11.5 Å². The van der Waals surface area contributed by atoms with Crippen molar-refractivity contribution < 1.29 is 41.7 Å². The van der Waals surface area contributed by atoms with Crippen LogP contribution in [0.25, 0.3) is 0 Å². The van der Waals surface area contributed by atoms with Crippen LogP contribution in [0, 0.1) is 0 Å². The summed E-state index contributed by atoms with van der Waals surface area (Å²) in [6, 6.07) is 7.92. The molecule has 2 aromatic rings. The largest absolute Gasteiger partial charge is 0.488 e. The molecule has 0 spiro atoms. The zero-order chi connectivity index (χ0) is 26.9. The zero-order valence-corrected chi connectivity index (χ0v) is 22.7. The van der Waals surface area contributed by atoms with E-state index in [4.69, 9.17) is 58.5 Å². The van der Waals surface area contributed by atoms with Gasteiger partial charge >= 0.3 is 11.9 Å². The van der Waals surface area contributed by atoms with Crippen LogP contribution in [0.2, 0.25) is 10.0 Å². The van der Waals surface area contributed by atoms with Gasteiger partial charge in [-0.2, -0.15) is 0 Å². The van der Waals surface area contributed by atoms with Crippen LogP contribution in [0.3, 0.4) is 0 Å². The van der Waals surface area contributed by atoms with Gasteiger partial charge in [-0.15, -0.1) is 11.6 Å². The van der Waals surface area contributed by atoms with Crippen LogP contribution in [-0.4, -0.2) is 65.4 Å². The van der Waals surface area contributed by atoms with Crippen molar-refractivity contribution in [3.05, 3.63) is 46.4 Å². The van der Waals surface area contributed by atoms with Crippen LogP contribution in [0.15, 0.2) is 46.2 Å². The predicted molar refractivity (Wildman–Crippen MR) is 133 cm³/mol. The van der Waals surface area contributed by atoms with Crippen molar-refractivity contribution in [2.24, 2.45) is 0 Å². The van der Waals surface area contributed by atoms with E-state index in [1.807, 2.05) is 0 Å². The maximum atomic E-state index is 13.1. The van der Waals surface area contributed by atoms with Gasteiger partial charge in [0, 0.05) is 21.0 Å². The Kier molecular flexibility index (Phi) is 11.6. The molecule has 0 bridgehead atoms. The maximum absolute atomic E-state index is 13.1. The Morgan fingerprint density at radius 3 is 1.64 bits per heavy atom. The van der Waals surface area contributed by atoms with E-state index in [1.165, 1.54) is 57.4 Å². The molecular weight excluding hydrogens is 559 g/mol. The smallest absolute Gasteiger partial charge is 0.303 e. The van der Waals surface area contributed by atoms with Crippen LogP contribution in [0.1, 0.15) is 13.8 Å². The molecule has 36 heavy (non-hydrogen) atoms. The first kappa shape index (κ1) is 30.0. The number of carbonyl (C=O) groups is 2. The Labute approximate surface area is 224 Å². The van der Waals surface area contributed by atoms with Gasteiger partial charge in [-0.25, -0.2) is 8.42 Å². The molecule has 0 saturated heterocycles. The van der Waals surface area contributed by atoms with E-state index in [9.17, 15) is 18.0 Å². The molecule has 0 radical (unpaired) electrons. The van der Waals surface area contributed by atoms with Crippen LogP contribution < -0.4 is 9.47 Å². The van der Waals surface area contributed by atoms with Crippen LogP contribution in [0.4, 0.5) is 0 Å². The summed E-state index contributed by atoms with van der Waals surface area (Å²) in [6.45, 7) is 2.52. The maximum Gasteiger partial charge on any atom is 0.303 e. The summed E-state index contributed by atoms with van der Waals surface area (Å²) in [7, 11) is -2.53. The highest BCUT2D eigenvalue weighted by molar-refractivity contribution is 7.91. The van der Waals surface area contributed by atoms with Crippen molar-refractivity contribution in [2.75, 3.05) is 32.8 Å². The summed E-state index contributed by atoms with van der Waals surface area (Å²) in [5.74, 6) is -0.594. The lowest BCUT2D eigenvalue weighted by Crippen LogP contribution is -2.28. The molecule has 0 amide bonds. The molecular formula is C23H25Cl3O9S. The number of halogens is 3. The fourth-order valence-electron chi connectivity index (χ4n) is 2.91. The molecule has 2 aromatic carbocycles. The van der Waals surface area contributed by atoms with Gasteiger partial charge in [-0.3, -0.25) is 9.59 Å². The van der Waals surface area contributed by atoms with E-state index in [-0.39, 0.29) is 57.0 Å². The van der Waals surface area contributed by atoms with Gasteiger partial charge in [0.25, 0.3) is 0 Å². The van der Waals surface area contributed by atoms with Crippen molar-refractivity contribution in [3.63, 3.8) is 0 Å². The standard InChI is InChI=1S/C23H25Cl3O9S/c1-14(27)34-16(10-24)12-32-22-6-4-18(8-20(22)25)36(29,30)19-5-7-23(21(26)9-19)33-13-17(11-31-3)35-15(2)28/h4-9,16-17H,10-13H2,1-3H3. The summed E-state index contributed by atoms with van der Waals surface area (Å²) in [4.78, 5) is 22.1. The number of ether oxygens (including phenoxy) is 5. The predicted octanol–water partition coefficient (Wildman–Crippen LogP) is 4.33. The molecule has 0 saturated carbocycles. The minimum Gasteiger partial charge on any atom is -0.488 e. The number of alkyl halides is 1. The Bertz CT molecular complexity index is 1170. The summed E-state index contributed by atoms with van der Waals surface area (Å²) < 4.78 is 52.4. The highest BCUT2D eigenvalue weighted by Crippen LogP contribution is 2.33. The number of sulfone groups is 1. The topological polar surface area (TPSA) is 114 Å². The number of hydrogen-bond donors (Lipinski definition) is 0. The number of methoxy groups -OCH3 is 1.